The highest BCUT2D eigenvalue weighted by atomic mass is 32.1. The van der Waals surface area contributed by atoms with Crippen molar-refractivity contribution in [3.8, 4) is 0 Å². The third kappa shape index (κ3) is 2.30. The molecule has 14 heavy (non-hydrogen) atoms. The molecule has 0 bridgehead atoms. The molecule has 0 saturated heterocycles. The minimum absolute atomic E-state index is 0.818. The van der Waals surface area contributed by atoms with E-state index >= 15 is 0 Å². The molecule has 5 heteroatoms. The Hall–Kier alpha value is -0.940. The van der Waals surface area contributed by atoms with E-state index in [4.69, 9.17) is 0 Å². The van der Waals surface area contributed by atoms with Crippen LogP contribution in [0.15, 0.2) is 12.3 Å². The van der Waals surface area contributed by atoms with E-state index in [-0.39, 0.29) is 0 Å². The van der Waals surface area contributed by atoms with Crippen molar-refractivity contribution in [3.63, 3.8) is 0 Å². The fourth-order valence-corrected chi connectivity index (χ4v) is 2.43. The standard InChI is InChI=1S/C9H11N3S2/c1-6-3-8(14-12-6)5-11-9-10-4-7(2)13-9/h3-4H,5H2,1-2H3,(H,10,11). The van der Waals surface area contributed by atoms with Crippen molar-refractivity contribution in [3.05, 3.63) is 27.7 Å². The third-order valence-electron chi connectivity index (χ3n) is 1.71. The minimum atomic E-state index is 0.818. The van der Waals surface area contributed by atoms with Crippen molar-refractivity contribution >= 4 is 28.0 Å². The fourth-order valence-electron chi connectivity index (χ4n) is 1.10. The fraction of sp³-hybridized carbons (Fsp3) is 0.333. The minimum Gasteiger partial charge on any atom is -0.357 e. The van der Waals surface area contributed by atoms with Gasteiger partial charge in [-0.2, -0.15) is 4.37 Å². The largest absolute Gasteiger partial charge is 0.357 e. The summed E-state index contributed by atoms with van der Waals surface area (Å²) in [4.78, 5) is 6.70. The van der Waals surface area contributed by atoms with E-state index < -0.39 is 0 Å². The quantitative estimate of drug-likeness (QED) is 0.873. The van der Waals surface area contributed by atoms with Crippen LogP contribution in [0.25, 0.3) is 0 Å². The summed E-state index contributed by atoms with van der Waals surface area (Å²) in [5.74, 6) is 0. The summed E-state index contributed by atoms with van der Waals surface area (Å²) in [6.45, 7) is 4.88. The zero-order valence-corrected chi connectivity index (χ0v) is 9.71. The lowest BCUT2D eigenvalue weighted by Crippen LogP contribution is -1.95. The van der Waals surface area contributed by atoms with Crippen molar-refractivity contribution < 1.29 is 0 Å². The average Bonchev–Trinajstić information content (AvgIpc) is 2.72. The van der Waals surface area contributed by atoms with Crippen LogP contribution < -0.4 is 5.32 Å². The monoisotopic (exact) mass is 225 g/mol. The Bertz CT molecular complexity index is 379. The van der Waals surface area contributed by atoms with Gasteiger partial charge in [-0.3, -0.25) is 0 Å². The van der Waals surface area contributed by atoms with Crippen molar-refractivity contribution in [1.29, 1.82) is 0 Å². The topological polar surface area (TPSA) is 37.8 Å². The Balaban J connectivity index is 1.94. The smallest absolute Gasteiger partial charge is 0.183 e. The first-order valence-electron chi connectivity index (χ1n) is 4.32. The molecule has 0 fully saturated rings. The van der Waals surface area contributed by atoms with Crippen LogP contribution in [0.5, 0.6) is 0 Å². The van der Waals surface area contributed by atoms with Crippen LogP contribution in [0.3, 0.4) is 0 Å². The van der Waals surface area contributed by atoms with E-state index in [1.807, 2.05) is 13.1 Å². The van der Waals surface area contributed by atoms with Gasteiger partial charge in [0.1, 0.15) is 0 Å². The van der Waals surface area contributed by atoms with Crippen LogP contribution in [0.2, 0.25) is 0 Å². The average molecular weight is 225 g/mol. The summed E-state index contributed by atoms with van der Waals surface area (Å²) >= 11 is 3.22. The molecule has 0 aliphatic carbocycles. The normalized spacial score (nSPS) is 10.4. The van der Waals surface area contributed by atoms with Crippen LogP contribution in [0.4, 0.5) is 5.13 Å². The molecular formula is C9H11N3S2. The summed E-state index contributed by atoms with van der Waals surface area (Å²) in [5, 5.41) is 4.25. The molecule has 0 atom stereocenters. The second-order valence-corrected chi connectivity index (χ2v) is 5.19. The van der Waals surface area contributed by atoms with Gasteiger partial charge < -0.3 is 5.32 Å². The van der Waals surface area contributed by atoms with E-state index in [0.29, 0.717) is 0 Å². The lowest BCUT2D eigenvalue weighted by atomic mass is 10.4. The molecule has 0 amide bonds. The van der Waals surface area contributed by atoms with Crippen LogP contribution >= 0.6 is 22.9 Å². The van der Waals surface area contributed by atoms with Gasteiger partial charge in [-0.15, -0.1) is 11.3 Å². The first-order chi connectivity index (χ1) is 6.74. The maximum absolute atomic E-state index is 4.23. The molecule has 2 aromatic rings. The van der Waals surface area contributed by atoms with Crippen LogP contribution in [-0.2, 0) is 6.54 Å². The van der Waals surface area contributed by atoms with Crippen molar-refractivity contribution in [2.24, 2.45) is 0 Å². The van der Waals surface area contributed by atoms with E-state index in [1.165, 1.54) is 21.3 Å². The first kappa shape index (κ1) is 9.61. The molecule has 0 aromatic carbocycles. The Labute approximate surface area is 91.0 Å². The van der Waals surface area contributed by atoms with Gasteiger partial charge in [0.2, 0.25) is 0 Å². The number of anilines is 1. The number of nitrogens with one attached hydrogen (secondary N) is 1. The van der Waals surface area contributed by atoms with Crippen LogP contribution in [-0.4, -0.2) is 9.36 Å². The predicted octanol–water partition coefficient (Wildman–Crippen LogP) is 2.83. The molecule has 0 aliphatic heterocycles. The molecule has 0 radical (unpaired) electrons. The van der Waals surface area contributed by atoms with Crippen molar-refractivity contribution in [2.75, 3.05) is 5.32 Å². The zero-order chi connectivity index (χ0) is 9.97. The zero-order valence-electron chi connectivity index (χ0n) is 8.07. The lowest BCUT2D eigenvalue weighted by molar-refractivity contribution is 1.17. The SMILES string of the molecule is Cc1cc(CNc2ncc(C)s2)sn1. The first-order valence-corrected chi connectivity index (χ1v) is 5.91. The summed E-state index contributed by atoms with van der Waals surface area (Å²) in [6.07, 6.45) is 1.88. The van der Waals surface area contributed by atoms with Gasteiger partial charge in [-0.1, -0.05) is 0 Å². The van der Waals surface area contributed by atoms with Gasteiger partial charge in [-0.25, -0.2) is 4.98 Å². The van der Waals surface area contributed by atoms with Crippen LogP contribution in [0, 0.1) is 13.8 Å². The van der Waals surface area contributed by atoms with Gasteiger partial charge in [0.15, 0.2) is 5.13 Å². The number of hydrogen-bond donors (Lipinski definition) is 1. The van der Waals surface area contributed by atoms with Crippen molar-refractivity contribution in [2.45, 2.75) is 20.4 Å². The molecule has 0 saturated carbocycles. The van der Waals surface area contributed by atoms with E-state index in [0.717, 1.165) is 17.4 Å². The molecule has 74 valence electrons. The Morgan fingerprint density at radius 3 is 2.86 bits per heavy atom. The summed E-state index contributed by atoms with van der Waals surface area (Å²) in [6, 6.07) is 2.10. The number of aromatic nitrogens is 2. The molecule has 0 unspecified atom stereocenters. The number of aryl methyl sites for hydroxylation is 2. The summed E-state index contributed by atoms with van der Waals surface area (Å²) in [5.41, 5.74) is 1.09. The van der Waals surface area contributed by atoms with Gasteiger partial charge in [0.05, 0.1) is 12.2 Å². The van der Waals surface area contributed by atoms with Gasteiger partial charge in [0, 0.05) is 16.0 Å². The highest BCUT2D eigenvalue weighted by molar-refractivity contribution is 7.15. The Kier molecular flexibility index (Phi) is 2.79. The Morgan fingerprint density at radius 1 is 1.43 bits per heavy atom. The molecule has 1 N–H and O–H groups in total. The number of nitrogens with zero attached hydrogens (tertiary/aromatic N) is 2. The van der Waals surface area contributed by atoms with E-state index in [1.54, 1.807) is 11.3 Å². The summed E-state index contributed by atoms with van der Waals surface area (Å²) in [7, 11) is 0. The highest BCUT2D eigenvalue weighted by Gasteiger charge is 2.00. The third-order valence-corrected chi connectivity index (χ3v) is 3.46. The molecule has 0 spiro atoms. The Morgan fingerprint density at radius 2 is 2.29 bits per heavy atom. The highest BCUT2D eigenvalue weighted by Crippen LogP contribution is 2.18. The van der Waals surface area contributed by atoms with E-state index in [2.05, 4.69) is 27.7 Å². The molecule has 0 aliphatic rings. The molecule has 3 nitrogen and oxygen atoms in total. The number of thiazole rings is 1. The van der Waals surface area contributed by atoms with Gasteiger partial charge in [0.25, 0.3) is 0 Å². The maximum Gasteiger partial charge on any atom is 0.183 e. The van der Waals surface area contributed by atoms with Gasteiger partial charge in [-0.05, 0) is 31.4 Å². The number of hydrogen-bond acceptors (Lipinski definition) is 5. The summed E-state index contributed by atoms with van der Waals surface area (Å²) < 4.78 is 4.22. The van der Waals surface area contributed by atoms with Crippen LogP contribution in [0.1, 0.15) is 15.4 Å². The molecule has 2 aromatic heterocycles. The molecule has 2 heterocycles. The predicted molar refractivity (Wildman–Crippen MR) is 61.0 cm³/mol. The van der Waals surface area contributed by atoms with Crippen molar-refractivity contribution in [1.82, 2.24) is 9.36 Å². The second kappa shape index (κ2) is 4.06. The number of rotatable bonds is 3. The lowest BCUT2D eigenvalue weighted by Gasteiger charge is -1.97. The van der Waals surface area contributed by atoms with E-state index in [9.17, 15) is 0 Å². The molecule has 2 rings (SSSR count). The second-order valence-electron chi connectivity index (χ2n) is 3.06. The van der Waals surface area contributed by atoms with Gasteiger partial charge >= 0.3 is 0 Å². The molecular weight excluding hydrogens is 214 g/mol. The maximum atomic E-state index is 4.23.